The molecule has 0 saturated heterocycles. The average molecular weight is 516 g/mol. The molecule has 0 aromatic heterocycles. The van der Waals surface area contributed by atoms with Gasteiger partial charge in [-0.3, -0.25) is 9.59 Å². The van der Waals surface area contributed by atoms with E-state index in [1.54, 1.807) is 0 Å². The third-order valence-corrected chi connectivity index (χ3v) is 3.34. The summed E-state index contributed by atoms with van der Waals surface area (Å²) >= 11 is 0. The highest BCUT2D eigenvalue weighted by molar-refractivity contribution is 5.97. The van der Waals surface area contributed by atoms with Gasteiger partial charge >= 0.3 is 42.6 Å². The van der Waals surface area contributed by atoms with Crippen molar-refractivity contribution in [2.45, 2.75) is 37.7 Å². The molecule has 192 valence electrons. The maximum atomic E-state index is 12.5. The second-order valence-corrected chi connectivity index (χ2v) is 6.11. The number of hydrogen-bond donors (Lipinski definition) is 0. The van der Waals surface area contributed by atoms with Crippen molar-refractivity contribution in [1.29, 1.82) is 0 Å². The van der Waals surface area contributed by atoms with Crippen LogP contribution < -0.4 is 0 Å². The smallest absolute Gasteiger partial charge is 0.434 e. The molecule has 0 aliphatic carbocycles. The molecule has 33 heavy (non-hydrogen) atoms. The van der Waals surface area contributed by atoms with Gasteiger partial charge in [0, 0.05) is 5.57 Å². The molecule has 0 heterocycles. The van der Waals surface area contributed by atoms with Crippen molar-refractivity contribution in [3.8, 4) is 0 Å². The van der Waals surface area contributed by atoms with Crippen molar-refractivity contribution in [3.63, 3.8) is 0 Å². The summed E-state index contributed by atoms with van der Waals surface area (Å²) in [6, 6.07) is 0. The molecule has 18 heteroatoms. The van der Waals surface area contributed by atoms with Gasteiger partial charge in [0.15, 0.2) is 13.2 Å². The van der Waals surface area contributed by atoms with Crippen LogP contribution in [-0.2, 0) is 28.6 Å². The topological polar surface area (TPSA) is 78.9 Å². The lowest BCUT2D eigenvalue weighted by Gasteiger charge is -2.26. The van der Waals surface area contributed by atoms with E-state index in [1.807, 2.05) is 0 Å². The summed E-state index contributed by atoms with van der Waals surface area (Å²) in [5.74, 6) is -12.1. The Labute approximate surface area is 175 Å². The van der Waals surface area contributed by atoms with Gasteiger partial charge in [-0.25, -0.2) is 4.79 Å². The summed E-state index contributed by atoms with van der Waals surface area (Å²) in [5, 5.41) is 0. The van der Waals surface area contributed by atoms with E-state index in [0.29, 0.717) is 6.92 Å². The second kappa shape index (κ2) is 10.5. The van der Waals surface area contributed by atoms with Crippen molar-refractivity contribution in [1.82, 2.24) is 0 Å². The molecule has 0 radical (unpaired) electrons. The Kier molecular flexibility index (Phi) is 9.64. The van der Waals surface area contributed by atoms with E-state index in [2.05, 4.69) is 20.8 Å². The minimum Gasteiger partial charge on any atom is -0.456 e. The zero-order valence-electron chi connectivity index (χ0n) is 15.8. The Balaban J connectivity index is 5.90. The summed E-state index contributed by atoms with van der Waals surface area (Å²) in [7, 11) is 0. The number of ether oxygens (including phenoxy) is 3. The van der Waals surface area contributed by atoms with Crippen LogP contribution in [0.4, 0.5) is 52.7 Å². The van der Waals surface area contributed by atoms with E-state index < -0.39 is 79.3 Å². The molecule has 0 bridgehead atoms. The lowest BCUT2D eigenvalue weighted by Crippen LogP contribution is -2.46. The highest BCUT2D eigenvalue weighted by atomic mass is 19.4. The molecular formula is C15H12F12O6. The van der Waals surface area contributed by atoms with Crippen LogP contribution in [0.3, 0.4) is 0 Å². The predicted molar refractivity (Wildman–Crippen MR) is 77.8 cm³/mol. The first-order valence-electron chi connectivity index (χ1n) is 7.97. The quantitative estimate of drug-likeness (QED) is 0.210. The molecule has 0 aliphatic heterocycles. The first-order chi connectivity index (χ1) is 14.5. The molecule has 2 atom stereocenters. The second-order valence-electron chi connectivity index (χ2n) is 6.11. The first-order valence-corrected chi connectivity index (χ1v) is 7.97. The van der Waals surface area contributed by atoms with Crippen LogP contribution in [0.1, 0.15) is 6.92 Å². The molecule has 0 aliphatic rings. The van der Waals surface area contributed by atoms with Crippen molar-refractivity contribution < 1.29 is 81.3 Å². The highest BCUT2D eigenvalue weighted by Gasteiger charge is 2.60. The number of carbonyl (C=O) groups is 3. The van der Waals surface area contributed by atoms with Gasteiger partial charge in [0.1, 0.15) is 5.92 Å². The molecule has 0 spiro atoms. The Morgan fingerprint density at radius 3 is 1.42 bits per heavy atom. The normalized spacial score (nSPS) is 15.0. The Hall–Kier alpha value is -2.69. The minimum absolute atomic E-state index is 0.460. The van der Waals surface area contributed by atoms with Crippen LogP contribution in [0, 0.1) is 11.8 Å². The van der Waals surface area contributed by atoms with E-state index in [1.165, 1.54) is 0 Å². The van der Waals surface area contributed by atoms with Gasteiger partial charge in [0.25, 0.3) is 6.10 Å². The van der Waals surface area contributed by atoms with E-state index in [9.17, 15) is 67.1 Å². The average Bonchev–Trinajstić information content (AvgIpc) is 2.58. The third-order valence-electron chi connectivity index (χ3n) is 3.34. The van der Waals surface area contributed by atoms with Crippen LogP contribution in [-0.4, -0.2) is 61.9 Å². The number of esters is 3. The predicted octanol–water partition coefficient (Wildman–Crippen LogP) is 4.04. The van der Waals surface area contributed by atoms with E-state index in [4.69, 9.17) is 0 Å². The molecule has 0 rings (SSSR count). The summed E-state index contributed by atoms with van der Waals surface area (Å²) in [6.07, 6.45) is -27.6. The molecule has 0 amide bonds. The number of carbonyl (C=O) groups excluding carboxylic acids is 3. The van der Waals surface area contributed by atoms with E-state index in [-0.39, 0.29) is 0 Å². The zero-order valence-corrected chi connectivity index (χ0v) is 15.8. The molecule has 0 fully saturated rings. The number of rotatable bonds is 8. The minimum atomic E-state index is -6.24. The molecular weight excluding hydrogens is 504 g/mol. The molecule has 0 N–H and O–H groups in total. The van der Waals surface area contributed by atoms with Gasteiger partial charge in [-0.15, -0.1) is 0 Å². The number of alkyl halides is 12. The summed E-state index contributed by atoms with van der Waals surface area (Å²) < 4.78 is 159. The molecule has 2 unspecified atom stereocenters. The molecule has 0 aromatic rings. The molecule has 0 aromatic carbocycles. The van der Waals surface area contributed by atoms with Crippen LogP contribution >= 0.6 is 0 Å². The van der Waals surface area contributed by atoms with Gasteiger partial charge in [-0.1, -0.05) is 13.5 Å². The van der Waals surface area contributed by atoms with Crippen LogP contribution in [0.25, 0.3) is 0 Å². The maximum Gasteiger partial charge on any atom is 0.434 e. The lowest BCUT2D eigenvalue weighted by atomic mass is 9.87. The fourth-order valence-electron chi connectivity index (χ4n) is 1.94. The Morgan fingerprint density at radius 2 is 1.09 bits per heavy atom. The standard InChI is InChI=1S/C15H12F12O6/c1-5(8(28)31-3-12(16,17)18)7(10(30)32-4-13(19,20)21)6(2)9(29)33-11(14(22,23)24)15(25,26)27/h5,7,11H,2-4H2,1H3. The SMILES string of the molecule is C=C(C(=O)OC(C(F)(F)F)C(F)(F)F)C(C(=O)OCC(F)(F)F)C(C)C(=O)OCC(F)(F)F. The zero-order chi connectivity index (χ0) is 26.6. The van der Waals surface area contributed by atoms with Crippen molar-refractivity contribution in [2.24, 2.45) is 11.8 Å². The summed E-state index contributed by atoms with van der Waals surface area (Å²) in [5.41, 5.74) is -1.75. The first kappa shape index (κ1) is 30.3. The Morgan fingerprint density at radius 1 is 0.727 bits per heavy atom. The van der Waals surface area contributed by atoms with Gasteiger partial charge in [-0.05, 0) is 0 Å². The van der Waals surface area contributed by atoms with Crippen molar-refractivity contribution in [3.05, 3.63) is 12.2 Å². The fourth-order valence-corrected chi connectivity index (χ4v) is 1.94. The van der Waals surface area contributed by atoms with E-state index >= 15 is 0 Å². The maximum absolute atomic E-state index is 12.5. The van der Waals surface area contributed by atoms with Crippen molar-refractivity contribution in [2.75, 3.05) is 13.2 Å². The van der Waals surface area contributed by atoms with Gasteiger partial charge in [0.05, 0.1) is 5.92 Å². The van der Waals surface area contributed by atoms with Gasteiger partial charge < -0.3 is 14.2 Å². The highest BCUT2D eigenvalue weighted by Crippen LogP contribution is 2.37. The van der Waals surface area contributed by atoms with Crippen LogP contribution in [0.15, 0.2) is 12.2 Å². The molecule has 6 nitrogen and oxygen atoms in total. The van der Waals surface area contributed by atoms with Crippen LogP contribution in [0.2, 0.25) is 0 Å². The third kappa shape index (κ3) is 10.6. The number of halogens is 12. The summed E-state index contributed by atoms with van der Waals surface area (Å²) in [6.45, 7) is -1.60. The monoisotopic (exact) mass is 516 g/mol. The summed E-state index contributed by atoms with van der Waals surface area (Å²) in [4.78, 5) is 35.4. The van der Waals surface area contributed by atoms with Crippen LogP contribution in [0.5, 0.6) is 0 Å². The van der Waals surface area contributed by atoms with Crippen molar-refractivity contribution >= 4 is 17.9 Å². The van der Waals surface area contributed by atoms with Gasteiger partial charge in [-0.2, -0.15) is 52.7 Å². The van der Waals surface area contributed by atoms with Gasteiger partial charge in [0.2, 0.25) is 0 Å². The lowest BCUT2D eigenvalue weighted by molar-refractivity contribution is -0.312. The fraction of sp³-hybridized carbons (Fsp3) is 0.667. The van der Waals surface area contributed by atoms with E-state index in [0.717, 1.165) is 0 Å². The molecule has 0 saturated carbocycles. The largest absolute Gasteiger partial charge is 0.456 e. The number of hydrogen-bond acceptors (Lipinski definition) is 6. The Bertz CT molecular complexity index is 720.